The van der Waals surface area contributed by atoms with Crippen molar-refractivity contribution in [2.45, 2.75) is 6.54 Å². The number of nitrogens with two attached hydrogens (primary N) is 1. The van der Waals surface area contributed by atoms with E-state index in [1.54, 1.807) is 16.3 Å². The molecule has 0 saturated carbocycles. The lowest BCUT2D eigenvalue weighted by molar-refractivity contribution is 0.737. The van der Waals surface area contributed by atoms with E-state index < -0.39 is 0 Å². The van der Waals surface area contributed by atoms with Crippen molar-refractivity contribution >= 4 is 28.2 Å². The Hall–Kier alpha value is -2.54. The fourth-order valence-corrected chi connectivity index (χ4v) is 2.33. The van der Waals surface area contributed by atoms with Crippen LogP contribution in [0, 0.1) is 0 Å². The summed E-state index contributed by atoms with van der Waals surface area (Å²) in [6.45, 7) is 0.410. The van der Waals surface area contributed by atoms with Gasteiger partial charge in [-0.3, -0.25) is 14.0 Å². The second kappa shape index (κ2) is 5.10. The van der Waals surface area contributed by atoms with Gasteiger partial charge in [0.05, 0.1) is 12.7 Å². The monoisotopic (exact) mass is 299 g/mol. The summed E-state index contributed by atoms with van der Waals surface area (Å²) in [5, 5.41) is 4.55. The van der Waals surface area contributed by atoms with Crippen molar-refractivity contribution in [2.75, 3.05) is 0 Å². The standard InChI is InChI=1S/C14H13N5OS/c1-18-13-11(6-17-18)14(20)19(8-16-13)7-9-3-2-4-10(5-9)12(15)21/h2-6,8H,7H2,1H3,(H2,15,21). The lowest BCUT2D eigenvalue weighted by Gasteiger charge is -2.07. The maximum absolute atomic E-state index is 12.4. The Labute approximate surface area is 125 Å². The molecule has 106 valence electrons. The third kappa shape index (κ3) is 2.43. The zero-order valence-corrected chi connectivity index (χ0v) is 12.2. The Morgan fingerprint density at radius 1 is 1.43 bits per heavy atom. The summed E-state index contributed by atoms with van der Waals surface area (Å²) >= 11 is 4.96. The van der Waals surface area contributed by atoms with Crippen LogP contribution in [0.3, 0.4) is 0 Å². The zero-order chi connectivity index (χ0) is 15.0. The van der Waals surface area contributed by atoms with Crippen molar-refractivity contribution < 1.29 is 0 Å². The molecule has 0 radical (unpaired) electrons. The Morgan fingerprint density at radius 3 is 3.00 bits per heavy atom. The summed E-state index contributed by atoms with van der Waals surface area (Å²) in [4.78, 5) is 17.0. The van der Waals surface area contributed by atoms with Crippen LogP contribution in [0.25, 0.3) is 11.0 Å². The van der Waals surface area contributed by atoms with E-state index in [1.807, 2.05) is 24.3 Å². The normalized spacial score (nSPS) is 10.9. The number of hydrogen-bond acceptors (Lipinski definition) is 4. The van der Waals surface area contributed by atoms with Gasteiger partial charge in [-0.05, 0) is 11.6 Å². The first kappa shape index (κ1) is 13.4. The number of fused-ring (bicyclic) bond motifs is 1. The van der Waals surface area contributed by atoms with Gasteiger partial charge in [-0.15, -0.1) is 0 Å². The van der Waals surface area contributed by atoms with Gasteiger partial charge in [0.25, 0.3) is 5.56 Å². The fourth-order valence-electron chi connectivity index (χ4n) is 2.20. The Bertz CT molecular complexity index is 896. The third-order valence-corrected chi connectivity index (χ3v) is 3.52. The SMILES string of the molecule is Cn1ncc2c(=O)n(Cc3cccc(C(N)=S)c3)cnc21. The van der Waals surface area contributed by atoms with E-state index in [9.17, 15) is 4.79 Å². The van der Waals surface area contributed by atoms with E-state index in [0.717, 1.165) is 11.1 Å². The molecule has 0 amide bonds. The van der Waals surface area contributed by atoms with Gasteiger partial charge in [-0.2, -0.15) is 5.10 Å². The highest BCUT2D eigenvalue weighted by molar-refractivity contribution is 7.80. The predicted molar refractivity (Wildman–Crippen MR) is 84.2 cm³/mol. The van der Waals surface area contributed by atoms with Crippen LogP contribution in [0.15, 0.2) is 41.6 Å². The number of rotatable bonds is 3. The molecule has 0 atom stereocenters. The van der Waals surface area contributed by atoms with Crippen LogP contribution >= 0.6 is 12.2 Å². The van der Waals surface area contributed by atoms with E-state index in [4.69, 9.17) is 18.0 Å². The van der Waals surface area contributed by atoms with Crippen molar-refractivity contribution in [1.29, 1.82) is 0 Å². The number of hydrogen-bond donors (Lipinski definition) is 1. The smallest absolute Gasteiger partial charge is 0.264 e. The topological polar surface area (TPSA) is 78.7 Å². The third-order valence-electron chi connectivity index (χ3n) is 3.28. The highest BCUT2D eigenvalue weighted by Crippen LogP contribution is 2.08. The molecule has 6 nitrogen and oxygen atoms in total. The molecule has 0 aliphatic carbocycles. The van der Waals surface area contributed by atoms with E-state index in [0.29, 0.717) is 22.6 Å². The first-order valence-electron chi connectivity index (χ1n) is 6.32. The molecule has 3 aromatic rings. The Balaban J connectivity index is 2.02. The second-order valence-corrected chi connectivity index (χ2v) is 5.19. The maximum Gasteiger partial charge on any atom is 0.264 e. The lowest BCUT2D eigenvalue weighted by Crippen LogP contribution is -2.21. The molecule has 0 aliphatic heterocycles. The molecule has 0 saturated heterocycles. The van der Waals surface area contributed by atoms with E-state index in [1.165, 1.54) is 12.5 Å². The fraction of sp³-hybridized carbons (Fsp3) is 0.143. The maximum atomic E-state index is 12.4. The van der Waals surface area contributed by atoms with Gasteiger partial charge in [0, 0.05) is 12.6 Å². The van der Waals surface area contributed by atoms with Crippen LogP contribution in [0.1, 0.15) is 11.1 Å². The van der Waals surface area contributed by atoms with Gasteiger partial charge in [-0.25, -0.2) is 4.98 Å². The number of aryl methyl sites for hydroxylation is 1. The molecule has 1 aromatic carbocycles. The molecule has 2 heterocycles. The molecule has 0 bridgehead atoms. The van der Waals surface area contributed by atoms with Gasteiger partial charge in [0.15, 0.2) is 5.65 Å². The molecule has 0 aliphatic rings. The molecular weight excluding hydrogens is 286 g/mol. The van der Waals surface area contributed by atoms with Crippen molar-refractivity contribution in [3.05, 3.63) is 58.3 Å². The molecule has 21 heavy (non-hydrogen) atoms. The van der Waals surface area contributed by atoms with Gasteiger partial charge in [-0.1, -0.05) is 30.4 Å². The minimum Gasteiger partial charge on any atom is -0.389 e. The van der Waals surface area contributed by atoms with E-state index in [-0.39, 0.29) is 5.56 Å². The quantitative estimate of drug-likeness (QED) is 0.724. The van der Waals surface area contributed by atoms with Gasteiger partial charge in [0.2, 0.25) is 0 Å². The minimum absolute atomic E-state index is 0.117. The Morgan fingerprint density at radius 2 is 2.24 bits per heavy atom. The van der Waals surface area contributed by atoms with Crippen molar-refractivity contribution in [1.82, 2.24) is 19.3 Å². The molecule has 2 N–H and O–H groups in total. The second-order valence-electron chi connectivity index (χ2n) is 4.75. The first-order chi connectivity index (χ1) is 10.1. The summed E-state index contributed by atoms with van der Waals surface area (Å²) in [7, 11) is 1.75. The first-order valence-corrected chi connectivity index (χ1v) is 6.73. The molecule has 2 aromatic heterocycles. The number of thiocarbonyl (C=S) groups is 1. The average molecular weight is 299 g/mol. The van der Waals surface area contributed by atoms with Crippen molar-refractivity contribution in [2.24, 2.45) is 12.8 Å². The molecular formula is C14H13N5OS. The van der Waals surface area contributed by atoms with Crippen molar-refractivity contribution in [3.63, 3.8) is 0 Å². The summed E-state index contributed by atoms with van der Waals surface area (Å²) in [6, 6.07) is 7.51. The van der Waals surface area contributed by atoms with E-state index >= 15 is 0 Å². The van der Waals surface area contributed by atoms with Crippen LogP contribution in [-0.4, -0.2) is 24.3 Å². The van der Waals surface area contributed by atoms with Crippen LogP contribution in [0.5, 0.6) is 0 Å². The highest BCUT2D eigenvalue weighted by Gasteiger charge is 2.08. The summed E-state index contributed by atoms with van der Waals surface area (Å²) < 4.78 is 3.12. The van der Waals surface area contributed by atoms with Crippen molar-refractivity contribution in [3.8, 4) is 0 Å². The predicted octanol–water partition coefficient (Wildman–Crippen LogP) is 0.812. The number of benzene rings is 1. The summed E-state index contributed by atoms with van der Waals surface area (Å²) in [5.74, 6) is 0. The van der Waals surface area contributed by atoms with Crippen LogP contribution < -0.4 is 11.3 Å². The zero-order valence-electron chi connectivity index (χ0n) is 11.4. The minimum atomic E-state index is -0.117. The van der Waals surface area contributed by atoms with Gasteiger partial charge >= 0.3 is 0 Å². The molecule has 7 heteroatoms. The number of nitrogens with zero attached hydrogens (tertiary/aromatic N) is 4. The molecule has 3 rings (SSSR count). The summed E-state index contributed by atoms with van der Waals surface area (Å²) in [5.41, 5.74) is 7.80. The molecule has 0 fully saturated rings. The largest absolute Gasteiger partial charge is 0.389 e. The highest BCUT2D eigenvalue weighted by atomic mass is 32.1. The molecule has 0 spiro atoms. The van der Waals surface area contributed by atoms with Crippen LogP contribution in [0.4, 0.5) is 0 Å². The van der Waals surface area contributed by atoms with Gasteiger partial charge < -0.3 is 5.73 Å². The van der Waals surface area contributed by atoms with Gasteiger partial charge in [0.1, 0.15) is 16.7 Å². The molecule has 0 unspecified atom stereocenters. The summed E-state index contributed by atoms with van der Waals surface area (Å²) in [6.07, 6.45) is 3.06. The average Bonchev–Trinajstić information content (AvgIpc) is 2.84. The number of aromatic nitrogens is 4. The van der Waals surface area contributed by atoms with E-state index in [2.05, 4.69) is 10.1 Å². The Kier molecular flexibility index (Phi) is 3.26. The lowest BCUT2D eigenvalue weighted by atomic mass is 10.1. The van der Waals surface area contributed by atoms with Crippen LogP contribution in [0.2, 0.25) is 0 Å². The van der Waals surface area contributed by atoms with Crippen LogP contribution in [-0.2, 0) is 13.6 Å².